The lowest BCUT2D eigenvalue weighted by Crippen LogP contribution is -2.13. The van der Waals surface area contributed by atoms with Crippen LogP contribution >= 0.6 is 0 Å². The first-order valence-corrected chi connectivity index (χ1v) is 6.50. The van der Waals surface area contributed by atoms with E-state index < -0.39 is 0 Å². The Labute approximate surface area is 113 Å². The molecule has 1 heterocycles. The highest BCUT2D eigenvalue weighted by Crippen LogP contribution is 2.18. The van der Waals surface area contributed by atoms with Crippen molar-refractivity contribution in [2.75, 3.05) is 7.11 Å². The number of ether oxygens (including phenoxy) is 1. The fourth-order valence-corrected chi connectivity index (χ4v) is 1.96. The molecule has 2 aromatic rings. The summed E-state index contributed by atoms with van der Waals surface area (Å²) >= 11 is 0. The van der Waals surface area contributed by atoms with Crippen molar-refractivity contribution in [2.45, 2.75) is 33.4 Å². The van der Waals surface area contributed by atoms with E-state index in [4.69, 9.17) is 9.15 Å². The second kappa shape index (κ2) is 6.38. The van der Waals surface area contributed by atoms with Crippen molar-refractivity contribution in [3.8, 4) is 5.75 Å². The molecule has 0 saturated heterocycles. The van der Waals surface area contributed by atoms with Crippen molar-refractivity contribution < 1.29 is 9.15 Å². The molecule has 0 radical (unpaired) electrons. The van der Waals surface area contributed by atoms with Crippen LogP contribution in [0.15, 0.2) is 28.8 Å². The number of rotatable bonds is 6. The summed E-state index contributed by atoms with van der Waals surface area (Å²) in [4.78, 5) is 4.21. The van der Waals surface area contributed by atoms with Crippen molar-refractivity contribution in [1.29, 1.82) is 0 Å². The third kappa shape index (κ3) is 3.58. The Hall–Kier alpha value is -1.81. The summed E-state index contributed by atoms with van der Waals surface area (Å²) in [5, 5.41) is 3.32. The molecule has 1 aromatic heterocycles. The van der Waals surface area contributed by atoms with Crippen LogP contribution in [0.25, 0.3) is 0 Å². The molecular formula is C15H20N2O2. The molecule has 0 aliphatic carbocycles. The molecule has 0 saturated carbocycles. The zero-order valence-corrected chi connectivity index (χ0v) is 11.7. The highest BCUT2D eigenvalue weighted by molar-refractivity contribution is 5.36. The molecule has 0 unspecified atom stereocenters. The summed E-state index contributed by atoms with van der Waals surface area (Å²) in [6, 6.07) is 6.18. The predicted octanol–water partition coefficient (Wildman–Crippen LogP) is 2.84. The van der Waals surface area contributed by atoms with E-state index in [2.05, 4.69) is 29.4 Å². The van der Waals surface area contributed by atoms with Crippen LogP contribution in [0.4, 0.5) is 0 Å². The maximum atomic E-state index is 5.54. The molecule has 2 rings (SSSR count). The molecule has 0 fully saturated rings. The summed E-state index contributed by atoms with van der Waals surface area (Å²) in [7, 11) is 1.69. The van der Waals surface area contributed by atoms with Crippen LogP contribution in [0, 0.1) is 6.92 Å². The van der Waals surface area contributed by atoms with Crippen molar-refractivity contribution in [1.82, 2.24) is 10.3 Å². The maximum Gasteiger partial charge on any atom is 0.208 e. The van der Waals surface area contributed by atoms with E-state index in [-0.39, 0.29) is 0 Å². The first-order chi connectivity index (χ1) is 9.22. The minimum atomic E-state index is 0.644. The summed E-state index contributed by atoms with van der Waals surface area (Å²) in [5.41, 5.74) is 2.37. The predicted molar refractivity (Wildman–Crippen MR) is 74.2 cm³/mol. The standard InChI is InChI=1S/C15H20N2O2/c1-4-13-9-17-15(19-13)10-16-8-12-5-6-14(18-3)11(2)7-12/h5-7,9,16H,4,8,10H2,1-3H3. The molecule has 0 bridgehead atoms. The van der Waals surface area contributed by atoms with Crippen LogP contribution in [0.2, 0.25) is 0 Å². The molecule has 0 spiro atoms. The quantitative estimate of drug-likeness (QED) is 0.867. The number of hydrogen-bond donors (Lipinski definition) is 1. The zero-order valence-electron chi connectivity index (χ0n) is 11.7. The van der Waals surface area contributed by atoms with Gasteiger partial charge >= 0.3 is 0 Å². The number of oxazole rings is 1. The van der Waals surface area contributed by atoms with E-state index in [9.17, 15) is 0 Å². The molecule has 4 nitrogen and oxygen atoms in total. The van der Waals surface area contributed by atoms with Gasteiger partial charge in [-0.1, -0.05) is 19.1 Å². The van der Waals surface area contributed by atoms with Gasteiger partial charge in [0, 0.05) is 13.0 Å². The van der Waals surface area contributed by atoms with Crippen LogP contribution in [-0.4, -0.2) is 12.1 Å². The number of hydrogen-bond acceptors (Lipinski definition) is 4. The number of benzene rings is 1. The topological polar surface area (TPSA) is 47.3 Å². The van der Waals surface area contributed by atoms with E-state index in [1.54, 1.807) is 13.3 Å². The van der Waals surface area contributed by atoms with Gasteiger partial charge in [-0.25, -0.2) is 4.98 Å². The monoisotopic (exact) mass is 260 g/mol. The summed E-state index contributed by atoms with van der Waals surface area (Å²) in [6.45, 7) is 5.53. The van der Waals surface area contributed by atoms with Gasteiger partial charge in [-0.2, -0.15) is 0 Å². The van der Waals surface area contributed by atoms with Gasteiger partial charge in [0.1, 0.15) is 11.5 Å². The first-order valence-electron chi connectivity index (χ1n) is 6.50. The third-order valence-corrected chi connectivity index (χ3v) is 3.01. The van der Waals surface area contributed by atoms with Gasteiger partial charge in [0.25, 0.3) is 0 Å². The minimum Gasteiger partial charge on any atom is -0.496 e. The van der Waals surface area contributed by atoms with Crippen LogP contribution in [-0.2, 0) is 19.5 Å². The Morgan fingerprint density at radius 2 is 2.16 bits per heavy atom. The van der Waals surface area contributed by atoms with Gasteiger partial charge < -0.3 is 14.5 Å². The summed E-state index contributed by atoms with van der Waals surface area (Å²) < 4.78 is 10.8. The van der Waals surface area contributed by atoms with Crippen LogP contribution in [0.1, 0.15) is 29.7 Å². The zero-order chi connectivity index (χ0) is 13.7. The lowest BCUT2D eigenvalue weighted by Gasteiger charge is -2.07. The average molecular weight is 260 g/mol. The molecule has 0 aliphatic heterocycles. The Bertz CT molecular complexity index is 535. The number of aryl methyl sites for hydroxylation is 2. The van der Waals surface area contributed by atoms with Crippen molar-refractivity contribution in [3.63, 3.8) is 0 Å². The number of nitrogens with zero attached hydrogens (tertiary/aromatic N) is 1. The van der Waals surface area contributed by atoms with E-state index in [0.717, 1.165) is 35.9 Å². The Morgan fingerprint density at radius 1 is 1.32 bits per heavy atom. The molecule has 0 amide bonds. The second-order valence-corrected chi connectivity index (χ2v) is 4.48. The largest absolute Gasteiger partial charge is 0.496 e. The Balaban J connectivity index is 1.87. The van der Waals surface area contributed by atoms with Gasteiger partial charge in [0.2, 0.25) is 5.89 Å². The molecule has 0 atom stereocenters. The Morgan fingerprint density at radius 3 is 2.79 bits per heavy atom. The van der Waals surface area contributed by atoms with Gasteiger partial charge in [-0.3, -0.25) is 0 Å². The van der Waals surface area contributed by atoms with E-state index in [1.165, 1.54) is 5.56 Å². The molecule has 0 aliphatic rings. The maximum absolute atomic E-state index is 5.54. The van der Waals surface area contributed by atoms with Crippen LogP contribution < -0.4 is 10.1 Å². The van der Waals surface area contributed by atoms with Gasteiger partial charge in [0.05, 0.1) is 19.9 Å². The van der Waals surface area contributed by atoms with E-state index in [0.29, 0.717) is 6.54 Å². The number of aromatic nitrogens is 1. The van der Waals surface area contributed by atoms with Crippen molar-refractivity contribution in [2.24, 2.45) is 0 Å². The highest BCUT2D eigenvalue weighted by Gasteiger charge is 2.03. The summed E-state index contributed by atoms with van der Waals surface area (Å²) in [6.07, 6.45) is 2.67. The minimum absolute atomic E-state index is 0.644. The van der Waals surface area contributed by atoms with Crippen molar-refractivity contribution >= 4 is 0 Å². The average Bonchev–Trinajstić information content (AvgIpc) is 2.87. The first kappa shape index (κ1) is 13.6. The fraction of sp³-hybridized carbons (Fsp3) is 0.400. The second-order valence-electron chi connectivity index (χ2n) is 4.48. The highest BCUT2D eigenvalue weighted by atomic mass is 16.5. The van der Waals surface area contributed by atoms with Gasteiger partial charge in [-0.15, -0.1) is 0 Å². The molecule has 1 N–H and O–H groups in total. The lowest BCUT2D eigenvalue weighted by molar-refractivity contribution is 0.411. The SMILES string of the molecule is CCc1cnc(CNCc2ccc(OC)c(C)c2)o1. The third-order valence-electron chi connectivity index (χ3n) is 3.01. The van der Waals surface area contributed by atoms with Crippen LogP contribution in [0.5, 0.6) is 5.75 Å². The molecule has 4 heteroatoms. The molecular weight excluding hydrogens is 240 g/mol. The van der Waals surface area contributed by atoms with Crippen molar-refractivity contribution in [3.05, 3.63) is 47.2 Å². The molecule has 102 valence electrons. The number of nitrogens with one attached hydrogen (secondary N) is 1. The number of methoxy groups -OCH3 is 1. The summed E-state index contributed by atoms with van der Waals surface area (Å²) in [5.74, 6) is 2.59. The van der Waals surface area contributed by atoms with Gasteiger partial charge in [0.15, 0.2) is 0 Å². The van der Waals surface area contributed by atoms with E-state index in [1.807, 2.05) is 13.0 Å². The molecule has 1 aromatic carbocycles. The van der Waals surface area contributed by atoms with Crippen LogP contribution in [0.3, 0.4) is 0 Å². The molecule has 19 heavy (non-hydrogen) atoms. The smallest absolute Gasteiger partial charge is 0.208 e. The Kier molecular flexibility index (Phi) is 4.58. The van der Waals surface area contributed by atoms with Gasteiger partial charge in [-0.05, 0) is 24.1 Å². The lowest BCUT2D eigenvalue weighted by atomic mass is 10.1. The fourth-order valence-electron chi connectivity index (χ4n) is 1.96. The normalized spacial score (nSPS) is 10.7. The van der Waals surface area contributed by atoms with E-state index >= 15 is 0 Å².